The second kappa shape index (κ2) is 5.77. The maximum absolute atomic E-state index is 12.3. The number of hydrazine groups is 1. The Labute approximate surface area is 106 Å². The molecular weight excluding hydrogens is 254 g/mol. The molecule has 0 aromatic carbocycles. The average Bonchev–Trinajstić information content (AvgIpc) is 2.38. The van der Waals surface area contributed by atoms with Crippen LogP contribution in [0.1, 0.15) is 13.3 Å². The number of nitrogen functional groups attached to an aromatic ring is 1. The number of hydrogen-bond donors (Lipinski definition) is 2. The van der Waals surface area contributed by atoms with E-state index in [1.54, 1.807) is 13.0 Å². The van der Waals surface area contributed by atoms with Crippen LogP contribution in [0.2, 0.25) is 0 Å². The number of sulfonamides is 1. The SMILES string of the molecule is CC(CC#N)N(C)S(=O)(=O)c1ncccc1NN. The summed E-state index contributed by atoms with van der Waals surface area (Å²) >= 11 is 0. The lowest BCUT2D eigenvalue weighted by molar-refractivity contribution is 0.391. The number of nitrogens with zero attached hydrogens (tertiary/aromatic N) is 3. The summed E-state index contributed by atoms with van der Waals surface area (Å²) < 4.78 is 25.7. The molecule has 0 bridgehead atoms. The van der Waals surface area contributed by atoms with Crippen molar-refractivity contribution in [3.63, 3.8) is 0 Å². The zero-order valence-electron chi connectivity index (χ0n) is 10.2. The number of nitrogens with two attached hydrogens (primary N) is 1. The molecule has 1 rings (SSSR count). The van der Waals surface area contributed by atoms with Crippen LogP contribution in [0, 0.1) is 11.3 Å². The molecule has 7 nitrogen and oxygen atoms in total. The predicted molar refractivity (Wildman–Crippen MR) is 66.7 cm³/mol. The summed E-state index contributed by atoms with van der Waals surface area (Å²) in [7, 11) is -2.37. The summed E-state index contributed by atoms with van der Waals surface area (Å²) in [5.74, 6) is 5.26. The number of anilines is 1. The zero-order chi connectivity index (χ0) is 13.8. The number of rotatable bonds is 5. The van der Waals surface area contributed by atoms with E-state index >= 15 is 0 Å². The van der Waals surface area contributed by atoms with Gasteiger partial charge in [0.2, 0.25) is 0 Å². The third-order valence-electron chi connectivity index (χ3n) is 2.56. The fraction of sp³-hybridized carbons (Fsp3) is 0.400. The first-order valence-electron chi connectivity index (χ1n) is 5.21. The van der Waals surface area contributed by atoms with E-state index in [2.05, 4.69) is 10.4 Å². The van der Waals surface area contributed by atoms with Crippen molar-refractivity contribution in [2.45, 2.75) is 24.4 Å². The first-order chi connectivity index (χ1) is 8.45. The Balaban J connectivity index is 3.18. The molecule has 1 unspecified atom stereocenters. The molecule has 1 atom stereocenters. The Bertz CT molecular complexity index is 552. The van der Waals surface area contributed by atoms with Gasteiger partial charge in [0.1, 0.15) is 0 Å². The normalized spacial score (nSPS) is 13.1. The molecule has 0 aliphatic heterocycles. The quantitative estimate of drug-likeness (QED) is 0.587. The van der Waals surface area contributed by atoms with Crippen LogP contribution in [0.15, 0.2) is 23.4 Å². The van der Waals surface area contributed by atoms with Gasteiger partial charge in [-0.1, -0.05) is 0 Å². The summed E-state index contributed by atoms with van der Waals surface area (Å²) in [6.45, 7) is 1.65. The van der Waals surface area contributed by atoms with Crippen molar-refractivity contribution < 1.29 is 8.42 Å². The van der Waals surface area contributed by atoms with E-state index in [0.717, 1.165) is 4.31 Å². The zero-order valence-corrected chi connectivity index (χ0v) is 11.0. The standard InChI is InChI=1S/C10H15N5O2S/c1-8(5-6-11)15(2)18(16,17)10-9(14-12)4-3-7-13-10/h3-4,7-8,14H,5,12H2,1-2H3. The van der Waals surface area contributed by atoms with Crippen molar-refractivity contribution in [3.8, 4) is 6.07 Å². The highest BCUT2D eigenvalue weighted by Crippen LogP contribution is 2.22. The van der Waals surface area contributed by atoms with Crippen LogP contribution in [-0.2, 0) is 10.0 Å². The molecule has 0 aliphatic carbocycles. The van der Waals surface area contributed by atoms with Crippen LogP contribution in [0.3, 0.4) is 0 Å². The molecule has 0 amide bonds. The minimum Gasteiger partial charge on any atom is -0.321 e. The van der Waals surface area contributed by atoms with E-state index in [1.807, 2.05) is 6.07 Å². The molecule has 0 saturated heterocycles. The van der Waals surface area contributed by atoms with Gasteiger partial charge in [0.15, 0.2) is 5.03 Å². The average molecular weight is 269 g/mol. The number of nitrogens with one attached hydrogen (secondary N) is 1. The first-order valence-corrected chi connectivity index (χ1v) is 6.65. The number of aromatic nitrogens is 1. The molecule has 1 aromatic rings. The summed E-state index contributed by atoms with van der Waals surface area (Å²) in [5, 5.41) is 8.45. The van der Waals surface area contributed by atoms with Gasteiger partial charge in [0.25, 0.3) is 10.0 Å². The maximum Gasteiger partial charge on any atom is 0.262 e. The fourth-order valence-corrected chi connectivity index (χ4v) is 2.76. The summed E-state index contributed by atoms with van der Waals surface area (Å²) in [5.41, 5.74) is 2.51. The summed E-state index contributed by atoms with van der Waals surface area (Å²) in [6.07, 6.45) is 1.48. The van der Waals surface area contributed by atoms with Crippen molar-refractivity contribution in [1.29, 1.82) is 5.26 Å². The van der Waals surface area contributed by atoms with E-state index in [4.69, 9.17) is 11.1 Å². The van der Waals surface area contributed by atoms with Gasteiger partial charge in [0.05, 0.1) is 18.2 Å². The van der Waals surface area contributed by atoms with E-state index in [9.17, 15) is 8.42 Å². The van der Waals surface area contributed by atoms with Crippen molar-refractivity contribution in [2.75, 3.05) is 12.5 Å². The molecular formula is C10H15N5O2S. The van der Waals surface area contributed by atoms with E-state index in [0.29, 0.717) is 0 Å². The van der Waals surface area contributed by atoms with Crippen molar-refractivity contribution in [1.82, 2.24) is 9.29 Å². The second-order valence-corrected chi connectivity index (χ2v) is 5.65. The molecule has 3 N–H and O–H groups in total. The third kappa shape index (κ3) is 2.76. The second-order valence-electron chi connectivity index (χ2n) is 3.73. The monoisotopic (exact) mass is 269 g/mol. The molecule has 0 aliphatic rings. The highest BCUT2D eigenvalue weighted by atomic mass is 32.2. The van der Waals surface area contributed by atoms with Crippen LogP contribution in [0.5, 0.6) is 0 Å². The van der Waals surface area contributed by atoms with Gasteiger partial charge < -0.3 is 5.43 Å². The van der Waals surface area contributed by atoms with Gasteiger partial charge in [-0.3, -0.25) is 5.84 Å². The Morgan fingerprint density at radius 3 is 2.89 bits per heavy atom. The minimum atomic E-state index is -3.77. The molecule has 0 spiro atoms. The summed E-state index contributed by atoms with van der Waals surface area (Å²) in [4.78, 5) is 3.83. The maximum atomic E-state index is 12.3. The topological polar surface area (TPSA) is 112 Å². The predicted octanol–water partition coefficient (Wildman–Crippen LogP) is 0.290. The molecule has 0 radical (unpaired) electrons. The van der Waals surface area contributed by atoms with Crippen LogP contribution in [0.4, 0.5) is 5.69 Å². The summed E-state index contributed by atoms with van der Waals surface area (Å²) in [6, 6.07) is 4.59. The largest absolute Gasteiger partial charge is 0.321 e. The lowest BCUT2D eigenvalue weighted by Gasteiger charge is -2.22. The lowest BCUT2D eigenvalue weighted by Crippen LogP contribution is -2.35. The molecule has 0 saturated carbocycles. The van der Waals surface area contributed by atoms with Gasteiger partial charge in [-0.2, -0.15) is 9.57 Å². The van der Waals surface area contributed by atoms with E-state index < -0.39 is 16.1 Å². The number of pyridine rings is 1. The van der Waals surface area contributed by atoms with Gasteiger partial charge in [-0.25, -0.2) is 13.4 Å². The van der Waals surface area contributed by atoms with Crippen molar-refractivity contribution in [3.05, 3.63) is 18.3 Å². The third-order valence-corrected chi connectivity index (χ3v) is 4.49. The molecule has 8 heteroatoms. The number of nitriles is 1. The van der Waals surface area contributed by atoms with Crippen LogP contribution in [-0.4, -0.2) is 30.8 Å². The van der Waals surface area contributed by atoms with Crippen molar-refractivity contribution in [2.24, 2.45) is 5.84 Å². The molecule has 1 aromatic heterocycles. The molecule has 18 heavy (non-hydrogen) atoms. The molecule has 0 fully saturated rings. The van der Waals surface area contributed by atoms with Gasteiger partial charge in [-0.05, 0) is 19.1 Å². The highest BCUT2D eigenvalue weighted by Gasteiger charge is 2.28. The minimum absolute atomic E-state index is 0.105. The van der Waals surface area contributed by atoms with Crippen LogP contribution in [0.25, 0.3) is 0 Å². The molecule has 1 heterocycles. The Hall–Kier alpha value is -1.69. The lowest BCUT2D eigenvalue weighted by atomic mass is 10.3. The highest BCUT2D eigenvalue weighted by molar-refractivity contribution is 7.89. The van der Waals surface area contributed by atoms with Crippen LogP contribution < -0.4 is 11.3 Å². The van der Waals surface area contributed by atoms with Gasteiger partial charge >= 0.3 is 0 Å². The van der Waals surface area contributed by atoms with Gasteiger partial charge in [0, 0.05) is 19.3 Å². The van der Waals surface area contributed by atoms with E-state index in [-0.39, 0.29) is 17.1 Å². The van der Waals surface area contributed by atoms with E-state index in [1.165, 1.54) is 19.3 Å². The Morgan fingerprint density at radius 1 is 1.67 bits per heavy atom. The molecule has 98 valence electrons. The number of hydrogen-bond acceptors (Lipinski definition) is 6. The van der Waals surface area contributed by atoms with Gasteiger partial charge in [-0.15, -0.1) is 0 Å². The first kappa shape index (κ1) is 14.4. The smallest absolute Gasteiger partial charge is 0.262 e. The fourth-order valence-electron chi connectivity index (χ4n) is 1.34. The van der Waals surface area contributed by atoms with Crippen LogP contribution >= 0.6 is 0 Å². The Morgan fingerprint density at radius 2 is 2.33 bits per heavy atom. The van der Waals surface area contributed by atoms with Crippen molar-refractivity contribution >= 4 is 15.7 Å². The Kier molecular flexibility index (Phi) is 4.61.